The van der Waals surface area contributed by atoms with Gasteiger partial charge >= 0.3 is 5.97 Å². The van der Waals surface area contributed by atoms with E-state index < -0.39 is 11.4 Å². The first kappa shape index (κ1) is 14.6. The molecule has 0 amide bonds. The van der Waals surface area contributed by atoms with E-state index in [1.807, 2.05) is 0 Å². The van der Waals surface area contributed by atoms with E-state index in [4.69, 9.17) is 0 Å². The van der Waals surface area contributed by atoms with Crippen molar-refractivity contribution in [1.82, 2.24) is 0 Å². The van der Waals surface area contributed by atoms with Crippen molar-refractivity contribution in [2.24, 2.45) is 5.41 Å². The first-order valence-corrected chi connectivity index (χ1v) is 8.12. The van der Waals surface area contributed by atoms with Gasteiger partial charge in [-0.25, -0.2) is 0 Å². The highest BCUT2D eigenvalue weighted by atomic mass is 16.4. The fourth-order valence-electron chi connectivity index (χ4n) is 4.48. The smallest absolute Gasteiger partial charge is 0.314 e. The monoisotopic (exact) mass is 286 g/mol. The minimum Gasteiger partial charge on any atom is -0.481 e. The highest BCUT2D eigenvalue weighted by Gasteiger charge is 2.60. The highest BCUT2D eigenvalue weighted by molar-refractivity contribution is 5.83. The summed E-state index contributed by atoms with van der Waals surface area (Å²) in [6, 6.07) is 8.33. The Morgan fingerprint density at radius 1 is 1.05 bits per heavy atom. The number of carboxylic acids is 1. The number of carbonyl (C=O) groups is 1. The molecule has 2 nitrogen and oxygen atoms in total. The molecule has 1 N–H and O–H groups in total. The van der Waals surface area contributed by atoms with Crippen LogP contribution in [0.1, 0.15) is 70.4 Å². The third-order valence-electron chi connectivity index (χ3n) is 5.73. The van der Waals surface area contributed by atoms with Gasteiger partial charge in [0, 0.05) is 0 Å². The lowest BCUT2D eigenvalue weighted by atomic mass is 9.49. The summed E-state index contributed by atoms with van der Waals surface area (Å²) in [5, 5.41) is 9.81. The van der Waals surface area contributed by atoms with Crippen LogP contribution < -0.4 is 0 Å². The lowest BCUT2D eigenvalue weighted by molar-refractivity contribution is -0.154. The van der Waals surface area contributed by atoms with E-state index >= 15 is 0 Å². The molecule has 1 aromatic carbocycles. The van der Waals surface area contributed by atoms with E-state index in [2.05, 4.69) is 45.0 Å². The molecule has 0 heterocycles. The molecule has 0 saturated heterocycles. The van der Waals surface area contributed by atoms with E-state index in [0.29, 0.717) is 5.41 Å². The molecule has 21 heavy (non-hydrogen) atoms. The van der Waals surface area contributed by atoms with Gasteiger partial charge in [-0.1, -0.05) is 57.9 Å². The van der Waals surface area contributed by atoms with Gasteiger partial charge in [-0.15, -0.1) is 0 Å². The number of aliphatic carboxylic acids is 1. The molecule has 1 aromatic rings. The molecule has 0 bridgehead atoms. The van der Waals surface area contributed by atoms with Gasteiger partial charge < -0.3 is 5.11 Å². The molecule has 3 rings (SSSR count). The van der Waals surface area contributed by atoms with Crippen LogP contribution in [0.15, 0.2) is 24.3 Å². The molecule has 0 unspecified atom stereocenters. The molecule has 114 valence electrons. The third kappa shape index (κ3) is 2.29. The van der Waals surface area contributed by atoms with Crippen LogP contribution >= 0.6 is 0 Å². The van der Waals surface area contributed by atoms with Gasteiger partial charge in [0.15, 0.2) is 0 Å². The van der Waals surface area contributed by atoms with Crippen molar-refractivity contribution in [2.45, 2.75) is 70.1 Å². The van der Waals surface area contributed by atoms with Crippen molar-refractivity contribution >= 4 is 5.97 Å². The van der Waals surface area contributed by atoms with Crippen LogP contribution in [-0.4, -0.2) is 11.1 Å². The lowest BCUT2D eigenvalue weighted by Gasteiger charge is -2.53. The Morgan fingerprint density at radius 2 is 1.57 bits per heavy atom. The SMILES string of the molecule is CC(C)(C)c1ccc(C2(C(=O)O)CC3(CCCC3)C2)cc1. The number of carboxylic acid groups (broad SMARTS) is 1. The fraction of sp³-hybridized carbons (Fsp3) is 0.632. The Labute approximate surface area is 127 Å². The Morgan fingerprint density at radius 3 is 2.00 bits per heavy atom. The van der Waals surface area contributed by atoms with Gasteiger partial charge in [0.1, 0.15) is 0 Å². The maximum absolute atomic E-state index is 11.9. The summed E-state index contributed by atoms with van der Waals surface area (Å²) in [5.41, 5.74) is 2.09. The summed E-state index contributed by atoms with van der Waals surface area (Å²) in [6.45, 7) is 6.56. The van der Waals surface area contributed by atoms with E-state index in [1.165, 1.54) is 31.2 Å². The van der Waals surface area contributed by atoms with E-state index in [-0.39, 0.29) is 5.41 Å². The zero-order valence-corrected chi connectivity index (χ0v) is 13.4. The summed E-state index contributed by atoms with van der Waals surface area (Å²) in [7, 11) is 0. The van der Waals surface area contributed by atoms with Crippen molar-refractivity contribution in [3.63, 3.8) is 0 Å². The second-order valence-electron chi connectivity index (χ2n) is 8.28. The quantitative estimate of drug-likeness (QED) is 0.858. The normalized spacial score (nSPS) is 23.0. The van der Waals surface area contributed by atoms with Gasteiger partial charge in [-0.3, -0.25) is 4.79 Å². The zero-order valence-electron chi connectivity index (χ0n) is 13.4. The number of hydrogen-bond acceptors (Lipinski definition) is 1. The largest absolute Gasteiger partial charge is 0.481 e. The minimum absolute atomic E-state index is 0.112. The van der Waals surface area contributed by atoms with Crippen molar-refractivity contribution in [1.29, 1.82) is 0 Å². The second-order valence-corrected chi connectivity index (χ2v) is 8.28. The Balaban J connectivity index is 1.88. The predicted octanol–water partition coefficient (Wildman–Crippen LogP) is 4.66. The summed E-state index contributed by atoms with van der Waals surface area (Å²) in [6.07, 6.45) is 6.68. The second kappa shape index (κ2) is 4.59. The lowest BCUT2D eigenvalue weighted by Crippen LogP contribution is -2.53. The van der Waals surface area contributed by atoms with Crippen LogP contribution in [0.25, 0.3) is 0 Å². The molecule has 0 atom stereocenters. The van der Waals surface area contributed by atoms with Crippen molar-refractivity contribution < 1.29 is 9.90 Å². The summed E-state index contributed by atoms with van der Waals surface area (Å²) >= 11 is 0. The van der Waals surface area contributed by atoms with Crippen molar-refractivity contribution in [3.05, 3.63) is 35.4 Å². The molecule has 2 aliphatic carbocycles. The highest BCUT2D eigenvalue weighted by Crippen LogP contribution is 2.63. The van der Waals surface area contributed by atoms with E-state index in [9.17, 15) is 9.90 Å². The fourth-order valence-corrected chi connectivity index (χ4v) is 4.48. The average Bonchev–Trinajstić information content (AvgIpc) is 2.84. The number of hydrogen-bond donors (Lipinski definition) is 1. The molecule has 2 saturated carbocycles. The maximum atomic E-state index is 11.9. The molecule has 0 radical (unpaired) electrons. The Kier molecular flexibility index (Phi) is 3.20. The van der Waals surface area contributed by atoms with Gasteiger partial charge in [-0.2, -0.15) is 0 Å². The predicted molar refractivity (Wildman–Crippen MR) is 84.6 cm³/mol. The molecule has 2 fully saturated rings. The zero-order chi connectivity index (χ0) is 15.3. The Bertz CT molecular complexity index is 534. The maximum Gasteiger partial charge on any atom is 0.314 e. The van der Waals surface area contributed by atoms with E-state index in [1.54, 1.807) is 0 Å². The van der Waals surface area contributed by atoms with Crippen LogP contribution in [0, 0.1) is 5.41 Å². The van der Waals surface area contributed by atoms with Crippen LogP contribution in [0.3, 0.4) is 0 Å². The number of rotatable bonds is 2. The van der Waals surface area contributed by atoms with E-state index in [0.717, 1.165) is 18.4 Å². The standard InChI is InChI=1S/C19H26O2/c1-17(2,3)14-6-8-15(9-7-14)19(16(20)21)12-18(13-19)10-4-5-11-18/h6-9H,4-5,10-13H2,1-3H3,(H,20,21). The van der Waals surface area contributed by atoms with Gasteiger partial charge in [-0.05, 0) is 47.6 Å². The topological polar surface area (TPSA) is 37.3 Å². The van der Waals surface area contributed by atoms with Crippen LogP contribution in [-0.2, 0) is 15.6 Å². The molecule has 2 heteroatoms. The summed E-state index contributed by atoms with van der Waals surface area (Å²) in [5.74, 6) is -0.636. The molecule has 0 aromatic heterocycles. The Hall–Kier alpha value is -1.31. The molecular formula is C19H26O2. The average molecular weight is 286 g/mol. The molecule has 1 spiro atoms. The van der Waals surface area contributed by atoms with Gasteiger partial charge in [0.05, 0.1) is 5.41 Å². The van der Waals surface area contributed by atoms with Gasteiger partial charge in [0.2, 0.25) is 0 Å². The molecule has 2 aliphatic rings. The van der Waals surface area contributed by atoms with Crippen molar-refractivity contribution in [3.8, 4) is 0 Å². The summed E-state index contributed by atoms with van der Waals surface area (Å²) in [4.78, 5) is 11.9. The molecular weight excluding hydrogens is 260 g/mol. The number of benzene rings is 1. The third-order valence-corrected chi connectivity index (χ3v) is 5.73. The first-order chi connectivity index (χ1) is 9.78. The van der Waals surface area contributed by atoms with Crippen LogP contribution in [0.4, 0.5) is 0 Å². The van der Waals surface area contributed by atoms with Crippen LogP contribution in [0.2, 0.25) is 0 Å². The van der Waals surface area contributed by atoms with Crippen LogP contribution in [0.5, 0.6) is 0 Å². The molecule has 0 aliphatic heterocycles. The first-order valence-electron chi connectivity index (χ1n) is 8.12. The van der Waals surface area contributed by atoms with Crippen molar-refractivity contribution in [2.75, 3.05) is 0 Å². The minimum atomic E-state index is -0.636. The van der Waals surface area contributed by atoms with Gasteiger partial charge in [0.25, 0.3) is 0 Å². The summed E-state index contributed by atoms with van der Waals surface area (Å²) < 4.78 is 0.